The van der Waals surface area contributed by atoms with Crippen molar-refractivity contribution in [2.45, 2.75) is 52.5 Å². The van der Waals surface area contributed by atoms with Crippen molar-refractivity contribution in [1.29, 1.82) is 0 Å². The Hall–Kier alpha value is -0.410. The number of rotatable bonds is 2. The van der Waals surface area contributed by atoms with Gasteiger partial charge >= 0.3 is 0 Å². The molecule has 2 nitrogen and oxygen atoms in total. The normalized spacial score (nSPS) is 33.9. The minimum absolute atomic E-state index is 0.135. The zero-order valence-electron chi connectivity index (χ0n) is 11.6. The molecule has 1 fully saturated rings. The first-order valence-electron chi connectivity index (χ1n) is 6.62. The van der Waals surface area contributed by atoms with E-state index in [1.807, 2.05) is 11.3 Å². The molecule has 0 bridgehead atoms. The molecule has 1 heterocycles. The minimum atomic E-state index is 0.135. The van der Waals surface area contributed by atoms with Gasteiger partial charge in [-0.15, -0.1) is 11.3 Å². The predicted octanol–water partition coefficient (Wildman–Crippen LogP) is 3.63. The van der Waals surface area contributed by atoms with Gasteiger partial charge in [0.2, 0.25) is 0 Å². The zero-order valence-corrected chi connectivity index (χ0v) is 12.4. The minimum Gasteiger partial charge on any atom is -0.308 e. The molecular weight excluding hydrogens is 228 g/mol. The third-order valence-corrected chi connectivity index (χ3v) is 5.86. The summed E-state index contributed by atoms with van der Waals surface area (Å²) in [5.74, 6) is 1.62. The van der Waals surface area contributed by atoms with Gasteiger partial charge in [-0.1, -0.05) is 13.8 Å². The Morgan fingerprint density at radius 2 is 2.00 bits per heavy atom. The second-order valence-electron chi connectivity index (χ2n) is 5.69. The largest absolute Gasteiger partial charge is 0.308 e. The van der Waals surface area contributed by atoms with Crippen LogP contribution in [0.4, 0.5) is 0 Å². The van der Waals surface area contributed by atoms with E-state index in [-0.39, 0.29) is 5.54 Å². The number of hydrogen-bond donors (Lipinski definition) is 1. The molecule has 1 aliphatic rings. The number of thiazole rings is 1. The van der Waals surface area contributed by atoms with Crippen molar-refractivity contribution in [2.24, 2.45) is 11.8 Å². The molecule has 1 N–H and O–H groups in total. The molecule has 1 aromatic heterocycles. The van der Waals surface area contributed by atoms with Crippen LogP contribution >= 0.6 is 11.3 Å². The highest BCUT2D eigenvalue weighted by molar-refractivity contribution is 7.11. The summed E-state index contributed by atoms with van der Waals surface area (Å²) in [7, 11) is 2.09. The molecule has 0 amide bonds. The Balaban J connectivity index is 2.31. The molecule has 1 saturated carbocycles. The van der Waals surface area contributed by atoms with E-state index in [0.29, 0.717) is 0 Å². The van der Waals surface area contributed by atoms with Gasteiger partial charge in [0, 0.05) is 4.88 Å². The third kappa shape index (κ3) is 2.27. The van der Waals surface area contributed by atoms with Gasteiger partial charge in [0.15, 0.2) is 0 Å². The average molecular weight is 252 g/mol. The summed E-state index contributed by atoms with van der Waals surface area (Å²) in [5.41, 5.74) is 1.33. The van der Waals surface area contributed by atoms with E-state index in [4.69, 9.17) is 4.98 Å². The molecule has 0 spiro atoms. The highest BCUT2D eigenvalue weighted by atomic mass is 32.1. The first kappa shape index (κ1) is 13.0. The number of nitrogens with one attached hydrogen (secondary N) is 1. The lowest BCUT2D eigenvalue weighted by atomic mass is 9.71. The molecule has 0 aliphatic heterocycles. The van der Waals surface area contributed by atoms with E-state index in [9.17, 15) is 0 Å². The van der Waals surface area contributed by atoms with Gasteiger partial charge in [-0.25, -0.2) is 4.98 Å². The second kappa shape index (κ2) is 4.69. The Bertz CT molecular complexity index is 379. The summed E-state index contributed by atoms with van der Waals surface area (Å²) in [6.45, 7) is 9.05. The number of aryl methyl sites for hydroxylation is 2. The van der Waals surface area contributed by atoms with E-state index in [0.717, 1.165) is 11.8 Å². The summed E-state index contributed by atoms with van der Waals surface area (Å²) in [5, 5.41) is 4.87. The Kier molecular flexibility index (Phi) is 3.60. The molecule has 1 aliphatic carbocycles. The highest BCUT2D eigenvalue weighted by Gasteiger charge is 2.40. The lowest BCUT2D eigenvalue weighted by Gasteiger charge is -2.41. The summed E-state index contributed by atoms with van der Waals surface area (Å²) >= 11 is 1.87. The first-order valence-corrected chi connectivity index (χ1v) is 7.43. The maximum absolute atomic E-state index is 4.79. The Morgan fingerprint density at radius 1 is 1.29 bits per heavy atom. The van der Waals surface area contributed by atoms with E-state index in [1.165, 1.54) is 34.8 Å². The zero-order chi connectivity index (χ0) is 12.6. The molecule has 0 aromatic carbocycles. The second-order valence-corrected chi connectivity index (χ2v) is 6.89. The predicted molar refractivity (Wildman–Crippen MR) is 74.5 cm³/mol. The van der Waals surface area contributed by atoms with Crippen molar-refractivity contribution >= 4 is 11.3 Å². The van der Waals surface area contributed by atoms with Gasteiger partial charge in [-0.05, 0) is 52.0 Å². The van der Waals surface area contributed by atoms with E-state index in [1.54, 1.807) is 0 Å². The van der Waals surface area contributed by atoms with Crippen LogP contribution in [0.3, 0.4) is 0 Å². The topological polar surface area (TPSA) is 24.9 Å². The average Bonchev–Trinajstić information content (AvgIpc) is 2.64. The van der Waals surface area contributed by atoms with Gasteiger partial charge in [0.05, 0.1) is 11.2 Å². The Labute approximate surface area is 109 Å². The van der Waals surface area contributed by atoms with Crippen LogP contribution in [0.2, 0.25) is 0 Å². The van der Waals surface area contributed by atoms with Gasteiger partial charge < -0.3 is 5.32 Å². The Morgan fingerprint density at radius 3 is 2.47 bits per heavy atom. The molecule has 1 aromatic rings. The lowest BCUT2D eigenvalue weighted by Crippen LogP contribution is -2.45. The molecule has 2 rings (SSSR count). The molecule has 0 radical (unpaired) electrons. The monoisotopic (exact) mass is 252 g/mol. The summed E-state index contributed by atoms with van der Waals surface area (Å²) in [4.78, 5) is 6.15. The molecule has 3 atom stereocenters. The van der Waals surface area contributed by atoms with Crippen molar-refractivity contribution in [3.8, 4) is 0 Å². The van der Waals surface area contributed by atoms with Crippen LogP contribution in [0.25, 0.3) is 0 Å². The third-order valence-electron chi connectivity index (χ3n) is 4.58. The molecule has 96 valence electrons. The van der Waals surface area contributed by atoms with E-state index < -0.39 is 0 Å². The molecular formula is C14H24N2S. The van der Waals surface area contributed by atoms with E-state index >= 15 is 0 Å². The molecule has 3 unspecified atom stereocenters. The SMILES string of the molecule is CNC1(c2nc(C)c(C)s2)CCC(C)C(C)C1. The summed E-state index contributed by atoms with van der Waals surface area (Å²) in [6, 6.07) is 0. The van der Waals surface area contributed by atoms with Crippen LogP contribution in [0.1, 0.15) is 48.7 Å². The molecule has 17 heavy (non-hydrogen) atoms. The van der Waals surface area contributed by atoms with Gasteiger partial charge in [-0.3, -0.25) is 0 Å². The highest BCUT2D eigenvalue weighted by Crippen LogP contribution is 2.43. The number of aromatic nitrogens is 1. The number of nitrogens with zero attached hydrogens (tertiary/aromatic N) is 1. The van der Waals surface area contributed by atoms with Crippen LogP contribution < -0.4 is 5.32 Å². The van der Waals surface area contributed by atoms with Crippen molar-refractivity contribution in [3.05, 3.63) is 15.6 Å². The standard InChI is InChI=1S/C14H24N2S/c1-9-6-7-14(15-5,8-10(9)2)13-16-11(3)12(4)17-13/h9-10,15H,6-8H2,1-5H3. The summed E-state index contributed by atoms with van der Waals surface area (Å²) < 4.78 is 0. The van der Waals surface area contributed by atoms with Crippen molar-refractivity contribution in [2.75, 3.05) is 7.05 Å². The van der Waals surface area contributed by atoms with Crippen LogP contribution in [-0.4, -0.2) is 12.0 Å². The number of hydrogen-bond acceptors (Lipinski definition) is 3. The van der Waals surface area contributed by atoms with Crippen molar-refractivity contribution in [3.63, 3.8) is 0 Å². The van der Waals surface area contributed by atoms with Gasteiger partial charge in [0.25, 0.3) is 0 Å². The maximum atomic E-state index is 4.79. The lowest BCUT2D eigenvalue weighted by molar-refractivity contribution is 0.148. The van der Waals surface area contributed by atoms with Crippen LogP contribution in [0, 0.1) is 25.7 Å². The molecule has 0 saturated heterocycles. The quantitative estimate of drug-likeness (QED) is 0.869. The first-order chi connectivity index (χ1) is 7.98. The van der Waals surface area contributed by atoms with Crippen LogP contribution in [0.15, 0.2) is 0 Å². The maximum Gasteiger partial charge on any atom is 0.113 e. The fourth-order valence-electron chi connectivity index (χ4n) is 2.82. The van der Waals surface area contributed by atoms with Gasteiger partial charge in [0.1, 0.15) is 5.01 Å². The van der Waals surface area contributed by atoms with E-state index in [2.05, 4.69) is 40.1 Å². The summed E-state index contributed by atoms with van der Waals surface area (Å²) in [6.07, 6.45) is 3.75. The molecule has 3 heteroatoms. The van der Waals surface area contributed by atoms with Crippen LogP contribution in [-0.2, 0) is 5.54 Å². The van der Waals surface area contributed by atoms with Crippen LogP contribution in [0.5, 0.6) is 0 Å². The fourth-order valence-corrected chi connectivity index (χ4v) is 3.97. The van der Waals surface area contributed by atoms with Crippen molar-refractivity contribution in [1.82, 2.24) is 10.3 Å². The van der Waals surface area contributed by atoms with Crippen molar-refractivity contribution < 1.29 is 0 Å². The van der Waals surface area contributed by atoms with Gasteiger partial charge in [-0.2, -0.15) is 0 Å². The fraction of sp³-hybridized carbons (Fsp3) is 0.786. The smallest absolute Gasteiger partial charge is 0.113 e.